The SMILES string of the molecule is CC=Nc1ccccc1C(C)=O. The lowest BCUT2D eigenvalue weighted by Gasteiger charge is -1.99. The van der Waals surface area contributed by atoms with Crippen molar-refractivity contribution in [3.63, 3.8) is 0 Å². The highest BCUT2D eigenvalue weighted by Gasteiger charge is 2.02. The van der Waals surface area contributed by atoms with Gasteiger partial charge in [0.2, 0.25) is 0 Å². The van der Waals surface area contributed by atoms with E-state index in [1.54, 1.807) is 19.2 Å². The summed E-state index contributed by atoms with van der Waals surface area (Å²) in [5.41, 5.74) is 1.42. The molecule has 62 valence electrons. The van der Waals surface area contributed by atoms with Crippen LogP contribution in [0.15, 0.2) is 29.3 Å². The van der Waals surface area contributed by atoms with Crippen LogP contribution in [0.4, 0.5) is 5.69 Å². The fourth-order valence-corrected chi connectivity index (χ4v) is 1.02. The van der Waals surface area contributed by atoms with Gasteiger partial charge >= 0.3 is 0 Å². The molecule has 0 aliphatic carbocycles. The number of carbonyl (C=O) groups excluding carboxylic acids is 1. The van der Waals surface area contributed by atoms with E-state index >= 15 is 0 Å². The summed E-state index contributed by atoms with van der Waals surface area (Å²) in [6, 6.07) is 7.32. The summed E-state index contributed by atoms with van der Waals surface area (Å²) >= 11 is 0. The smallest absolute Gasteiger partial charge is 0.161 e. The van der Waals surface area contributed by atoms with Crippen molar-refractivity contribution in [3.8, 4) is 0 Å². The summed E-state index contributed by atoms with van der Waals surface area (Å²) in [7, 11) is 0. The number of Topliss-reactive ketones (excluding diaryl/α,β-unsaturated/α-hetero) is 1. The Labute approximate surface area is 71.9 Å². The molecule has 0 saturated carbocycles. The maximum absolute atomic E-state index is 11.1. The van der Waals surface area contributed by atoms with E-state index in [0.29, 0.717) is 5.56 Å². The van der Waals surface area contributed by atoms with Gasteiger partial charge in [-0.3, -0.25) is 9.79 Å². The second-order valence-corrected chi connectivity index (χ2v) is 2.46. The van der Waals surface area contributed by atoms with Gasteiger partial charge in [-0.05, 0) is 26.0 Å². The van der Waals surface area contributed by atoms with Crippen LogP contribution in [-0.2, 0) is 0 Å². The van der Waals surface area contributed by atoms with Crippen LogP contribution in [-0.4, -0.2) is 12.0 Å². The van der Waals surface area contributed by atoms with E-state index in [1.165, 1.54) is 0 Å². The van der Waals surface area contributed by atoms with Crippen LogP contribution in [0.3, 0.4) is 0 Å². The van der Waals surface area contributed by atoms with Crippen molar-refractivity contribution in [1.29, 1.82) is 0 Å². The van der Waals surface area contributed by atoms with Crippen molar-refractivity contribution in [1.82, 2.24) is 0 Å². The van der Waals surface area contributed by atoms with Gasteiger partial charge in [0, 0.05) is 11.8 Å². The predicted molar refractivity (Wildman–Crippen MR) is 50.3 cm³/mol. The first kappa shape index (κ1) is 8.65. The molecule has 0 saturated heterocycles. The first-order valence-corrected chi connectivity index (χ1v) is 3.84. The Kier molecular flexibility index (Phi) is 2.75. The van der Waals surface area contributed by atoms with E-state index in [1.807, 2.05) is 25.1 Å². The Balaban J connectivity index is 3.17. The van der Waals surface area contributed by atoms with Crippen LogP contribution in [0.1, 0.15) is 24.2 Å². The summed E-state index contributed by atoms with van der Waals surface area (Å²) in [6.45, 7) is 3.38. The van der Waals surface area contributed by atoms with Crippen LogP contribution < -0.4 is 0 Å². The quantitative estimate of drug-likeness (QED) is 0.484. The Bertz CT molecular complexity index is 315. The molecule has 0 heterocycles. The lowest BCUT2D eigenvalue weighted by molar-refractivity contribution is 0.101. The third kappa shape index (κ3) is 1.78. The van der Waals surface area contributed by atoms with Crippen LogP contribution in [0.25, 0.3) is 0 Å². The zero-order valence-electron chi connectivity index (χ0n) is 7.24. The molecule has 2 nitrogen and oxygen atoms in total. The lowest BCUT2D eigenvalue weighted by atomic mass is 10.1. The molecule has 0 aromatic heterocycles. The standard InChI is InChI=1S/C10H11NO/c1-3-11-10-7-5-4-6-9(10)8(2)12/h3-7H,1-2H3. The van der Waals surface area contributed by atoms with Gasteiger partial charge in [-0.2, -0.15) is 0 Å². The highest BCUT2D eigenvalue weighted by molar-refractivity contribution is 5.99. The minimum atomic E-state index is 0.0520. The monoisotopic (exact) mass is 161 g/mol. The topological polar surface area (TPSA) is 29.4 Å². The molecule has 1 rings (SSSR count). The summed E-state index contributed by atoms with van der Waals surface area (Å²) in [6.07, 6.45) is 1.68. The number of benzene rings is 1. The van der Waals surface area contributed by atoms with E-state index in [9.17, 15) is 4.79 Å². The second-order valence-electron chi connectivity index (χ2n) is 2.46. The summed E-state index contributed by atoms with van der Waals surface area (Å²) in [5.74, 6) is 0.0520. The number of aliphatic imine (C=N–C) groups is 1. The number of carbonyl (C=O) groups is 1. The van der Waals surface area contributed by atoms with Crippen molar-refractivity contribution in [2.75, 3.05) is 0 Å². The number of nitrogens with zero attached hydrogens (tertiary/aromatic N) is 1. The minimum absolute atomic E-state index is 0.0520. The van der Waals surface area contributed by atoms with Crippen molar-refractivity contribution < 1.29 is 4.79 Å². The Morgan fingerprint density at radius 2 is 2.08 bits per heavy atom. The molecule has 0 unspecified atom stereocenters. The number of hydrogen-bond acceptors (Lipinski definition) is 2. The van der Waals surface area contributed by atoms with Crippen molar-refractivity contribution >= 4 is 17.7 Å². The molecule has 0 radical (unpaired) electrons. The molecule has 1 aromatic carbocycles. The molecular weight excluding hydrogens is 150 g/mol. The number of hydrogen-bond donors (Lipinski definition) is 0. The summed E-state index contributed by atoms with van der Waals surface area (Å²) in [4.78, 5) is 15.1. The highest BCUT2D eigenvalue weighted by Crippen LogP contribution is 2.18. The van der Waals surface area contributed by atoms with Crippen LogP contribution in [0.2, 0.25) is 0 Å². The van der Waals surface area contributed by atoms with Gasteiger partial charge in [0.25, 0.3) is 0 Å². The zero-order chi connectivity index (χ0) is 8.97. The first-order chi connectivity index (χ1) is 5.75. The van der Waals surface area contributed by atoms with E-state index in [0.717, 1.165) is 5.69 Å². The van der Waals surface area contributed by atoms with E-state index < -0.39 is 0 Å². The molecule has 0 N–H and O–H groups in total. The fourth-order valence-electron chi connectivity index (χ4n) is 1.02. The molecule has 0 spiro atoms. The fraction of sp³-hybridized carbons (Fsp3) is 0.200. The Hall–Kier alpha value is -1.44. The molecule has 0 aliphatic rings. The average Bonchev–Trinajstić information content (AvgIpc) is 2.05. The highest BCUT2D eigenvalue weighted by atomic mass is 16.1. The van der Waals surface area contributed by atoms with Gasteiger partial charge in [0.15, 0.2) is 5.78 Å². The van der Waals surface area contributed by atoms with Gasteiger partial charge in [-0.1, -0.05) is 12.1 Å². The average molecular weight is 161 g/mol. The molecule has 0 atom stereocenters. The normalized spacial score (nSPS) is 10.5. The summed E-state index contributed by atoms with van der Waals surface area (Å²) < 4.78 is 0. The van der Waals surface area contributed by atoms with Crippen molar-refractivity contribution in [2.45, 2.75) is 13.8 Å². The maximum atomic E-state index is 11.1. The molecule has 0 fully saturated rings. The Morgan fingerprint density at radius 1 is 1.42 bits per heavy atom. The van der Waals surface area contributed by atoms with Gasteiger partial charge in [0.1, 0.15) is 0 Å². The van der Waals surface area contributed by atoms with Crippen LogP contribution in [0, 0.1) is 0 Å². The lowest BCUT2D eigenvalue weighted by Crippen LogP contribution is -1.91. The van der Waals surface area contributed by atoms with Crippen molar-refractivity contribution in [2.24, 2.45) is 4.99 Å². The third-order valence-electron chi connectivity index (χ3n) is 1.55. The summed E-state index contributed by atoms with van der Waals surface area (Å²) in [5, 5.41) is 0. The molecule has 0 amide bonds. The Morgan fingerprint density at radius 3 is 2.67 bits per heavy atom. The number of ketones is 1. The van der Waals surface area contributed by atoms with E-state index in [2.05, 4.69) is 4.99 Å². The van der Waals surface area contributed by atoms with Gasteiger partial charge in [-0.15, -0.1) is 0 Å². The van der Waals surface area contributed by atoms with Crippen LogP contribution in [0.5, 0.6) is 0 Å². The van der Waals surface area contributed by atoms with E-state index in [4.69, 9.17) is 0 Å². The van der Waals surface area contributed by atoms with Crippen molar-refractivity contribution in [3.05, 3.63) is 29.8 Å². The van der Waals surface area contributed by atoms with Gasteiger partial charge in [0.05, 0.1) is 5.69 Å². The zero-order valence-corrected chi connectivity index (χ0v) is 7.24. The molecule has 2 heteroatoms. The second kappa shape index (κ2) is 3.81. The molecule has 0 bridgehead atoms. The van der Waals surface area contributed by atoms with Gasteiger partial charge < -0.3 is 0 Å². The molecule has 12 heavy (non-hydrogen) atoms. The van der Waals surface area contributed by atoms with Crippen LogP contribution >= 0.6 is 0 Å². The minimum Gasteiger partial charge on any atom is -0.294 e. The third-order valence-corrected chi connectivity index (χ3v) is 1.55. The molecule has 1 aromatic rings. The number of rotatable bonds is 2. The van der Waals surface area contributed by atoms with Gasteiger partial charge in [-0.25, -0.2) is 0 Å². The number of para-hydroxylation sites is 1. The molecular formula is C10H11NO. The largest absolute Gasteiger partial charge is 0.294 e. The molecule has 0 aliphatic heterocycles. The van der Waals surface area contributed by atoms with E-state index in [-0.39, 0.29) is 5.78 Å². The predicted octanol–water partition coefficient (Wildman–Crippen LogP) is 2.61. The first-order valence-electron chi connectivity index (χ1n) is 3.84. The maximum Gasteiger partial charge on any atom is 0.161 e.